The number of rotatable bonds is 18. The first-order valence-electron chi connectivity index (χ1n) is 12.3. The minimum absolute atomic E-state index is 0.0864. The average Bonchev–Trinajstić information content (AvgIpc) is 2.83. The number of nitrogens with one attached hydrogen (secondary N) is 4. The number of benzene rings is 2. The van der Waals surface area contributed by atoms with Gasteiger partial charge in [0.1, 0.15) is 0 Å². The second-order valence-electron chi connectivity index (χ2n) is 8.29. The molecular weight excluding hydrogens is 412 g/mol. The maximum absolute atomic E-state index is 11.9. The topological polar surface area (TPSA) is 82.3 Å². The van der Waals surface area contributed by atoms with E-state index in [0.717, 1.165) is 76.1 Å². The number of carbonyl (C=O) groups is 2. The quantitative estimate of drug-likeness (QED) is 0.262. The van der Waals surface area contributed by atoms with Gasteiger partial charge in [0.05, 0.1) is 12.8 Å². The van der Waals surface area contributed by atoms with Gasteiger partial charge in [-0.2, -0.15) is 0 Å². The number of carbonyl (C=O) groups excluding carboxylic acids is 2. The van der Waals surface area contributed by atoms with E-state index in [9.17, 15) is 9.59 Å². The molecule has 0 fully saturated rings. The first-order valence-corrected chi connectivity index (χ1v) is 12.3. The van der Waals surface area contributed by atoms with E-state index in [0.29, 0.717) is 12.8 Å². The zero-order chi connectivity index (χ0) is 23.4. The molecule has 2 aromatic carbocycles. The van der Waals surface area contributed by atoms with Crippen molar-refractivity contribution in [1.82, 2.24) is 21.3 Å². The van der Waals surface area contributed by atoms with Gasteiger partial charge in [-0.3, -0.25) is 9.59 Å². The van der Waals surface area contributed by atoms with Crippen LogP contribution in [0.4, 0.5) is 0 Å². The van der Waals surface area contributed by atoms with Crippen LogP contribution in [0.5, 0.6) is 0 Å². The first kappa shape index (κ1) is 26.6. The Kier molecular flexibility index (Phi) is 14.3. The maximum atomic E-state index is 11.9. The third-order valence-corrected chi connectivity index (χ3v) is 5.33. The normalized spacial score (nSPS) is 10.7. The molecule has 0 saturated heterocycles. The van der Waals surface area contributed by atoms with Crippen molar-refractivity contribution in [1.29, 1.82) is 0 Å². The molecule has 0 bridgehead atoms. The van der Waals surface area contributed by atoms with Crippen LogP contribution in [-0.4, -0.2) is 51.1 Å². The molecule has 6 heteroatoms. The Morgan fingerprint density at radius 2 is 0.879 bits per heavy atom. The lowest BCUT2D eigenvalue weighted by molar-refractivity contribution is -0.121. The van der Waals surface area contributed by atoms with E-state index in [1.54, 1.807) is 0 Å². The fourth-order valence-corrected chi connectivity index (χ4v) is 3.50. The Labute approximate surface area is 198 Å². The van der Waals surface area contributed by atoms with Crippen molar-refractivity contribution < 1.29 is 9.59 Å². The summed E-state index contributed by atoms with van der Waals surface area (Å²) in [4.78, 5) is 23.7. The van der Waals surface area contributed by atoms with Gasteiger partial charge in [0.15, 0.2) is 0 Å². The van der Waals surface area contributed by atoms with Crippen LogP contribution >= 0.6 is 0 Å². The van der Waals surface area contributed by atoms with E-state index in [1.807, 2.05) is 60.7 Å². The number of amides is 2. The van der Waals surface area contributed by atoms with E-state index in [2.05, 4.69) is 21.3 Å². The Balaban J connectivity index is 1.28. The lowest BCUT2D eigenvalue weighted by Gasteiger charge is -2.08. The molecule has 180 valence electrons. The second-order valence-corrected chi connectivity index (χ2v) is 8.29. The molecule has 0 aliphatic heterocycles. The van der Waals surface area contributed by atoms with Crippen molar-refractivity contribution in [2.24, 2.45) is 0 Å². The highest BCUT2D eigenvalue weighted by atomic mass is 16.2. The standard InChI is InChI=1S/C27H40N4O2/c32-26(22-24-12-4-1-5-13-24)30-20-10-18-28-16-8-3-9-17-29-19-11-21-31-27(33)23-25-14-6-2-7-15-25/h1-2,4-7,12-15,28-29H,3,8-11,16-23H2,(H,30,32)(H,31,33). The summed E-state index contributed by atoms with van der Waals surface area (Å²) in [6.07, 6.45) is 6.32. The van der Waals surface area contributed by atoms with Crippen molar-refractivity contribution >= 4 is 11.8 Å². The van der Waals surface area contributed by atoms with Gasteiger partial charge in [-0.1, -0.05) is 67.1 Å². The molecular formula is C27H40N4O2. The van der Waals surface area contributed by atoms with Gasteiger partial charge in [-0.25, -0.2) is 0 Å². The largest absolute Gasteiger partial charge is 0.356 e. The van der Waals surface area contributed by atoms with Crippen LogP contribution < -0.4 is 21.3 Å². The maximum Gasteiger partial charge on any atom is 0.224 e. The lowest BCUT2D eigenvalue weighted by Crippen LogP contribution is -2.29. The van der Waals surface area contributed by atoms with Crippen molar-refractivity contribution in [3.05, 3.63) is 71.8 Å². The summed E-state index contributed by atoms with van der Waals surface area (Å²) in [6, 6.07) is 19.7. The van der Waals surface area contributed by atoms with E-state index in [1.165, 1.54) is 6.42 Å². The molecule has 0 radical (unpaired) electrons. The predicted molar refractivity (Wildman–Crippen MR) is 135 cm³/mol. The minimum Gasteiger partial charge on any atom is -0.356 e. The van der Waals surface area contributed by atoms with Gasteiger partial charge in [-0.15, -0.1) is 0 Å². The van der Waals surface area contributed by atoms with Gasteiger partial charge >= 0.3 is 0 Å². The summed E-state index contributed by atoms with van der Waals surface area (Å²) in [5, 5.41) is 12.8. The second kappa shape index (κ2) is 17.8. The van der Waals surface area contributed by atoms with Crippen LogP contribution in [0.1, 0.15) is 43.2 Å². The number of hydrogen-bond donors (Lipinski definition) is 4. The van der Waals surface area contributed by atoms with Crippen LogP contribution in [-0.2, 0) is 22.4 Å². The Hall–Kier alpha value is -2.70. The molecule has 0 saturated carbocycles. The van der Waals surface area contributed by atoms with Gasteiger partial charge in [-0.05, 0) is 63.0 Å². The third-order valence-electron chi connectivity index (χ3n) is 5.33. The van der Waals surface area contributed by atoms with Crippen molar-refractivity contribution in [2.45, 2.75) is 44.9 Å². The van der Waals surface area contributed by atoms with Gasteiger partial charge < -0.3 is 21.3 Å². The first-order chi connectivity index (χ1) is 16.2. The van der Waals surface area contributed by atoms with E-state index < -0.39 is 0 Å². The highest BCUT2D eigenvalue weighted by Gasteiger charge is 2.02. The zero-order valence-electron chi connectivity index (χ0n) is 19.8. The van der Waals surface area contributed by atoms with E-state index in [-0.39, 0.29) is 11.8 Å². The number of hydrogen-bond acceptors (Lipinski definition) is 4. The lowest BCUT2D eigenvalue weighted by atomic mass is 10.1. The highest BCUT2D eigenvalue weighted by Crippen LogP contribution is 2.00. The fraction of sp³-hybridized carbons (Fsp3) is 0.481. The monoisotopic (exact) mass is 452 g/mol. The molecule has 0 aliphatic rings. The van der Waals surface area contributed by atoms with Gasteiger partial charge in [0.25, 0.3) is 0 Å². The van der Waals surface area contributed by atoms with Crippen LogP contribution in [0, 0.1) is 0 Å². The highest BCUT2D eigenvalue weighted by molar-refractivity contribution is 5.78. The van der Waals surface area contributed by atoms with Crippen molar-refractivity contribution in [3.8, 4) is 0 Å². The van der Waals surface area contributed by atoms with E-state index >= 15 is 0 Å². The third kappa shape index (κ3) is 14.1. The summed E-state index contributed by atoms with van der Waals surface area (Å²) in [5.74, 6) is 0.173. The molecule has 33 heavy (non-hydrogen) atoms. The molecule has 0 aromatic heterocycles. The van der Waals surface area contributed by atoms with Crippen molar-refractivity contribution in [2.75, 3.05) is 39.3 Å². The van der Waals surface area contributed by atoms with Gasteiger partial charge in [0, 0.05) is 13.1 Å². The smallest absolute Gasteiger partial charge is 0.224 e. The van der Waals surface area contributed by atoms with Crippen LogP contribution in [0.2, 0.25) is 0 Å². The van der Waals surface area contributed by atoms with Crippen LogP contribution in [0.15, 0.2) is 60.7 Å². The molecule has 0 aliphatic carbocycles. The summed E-state index contributed by atoms with van der Waals surface area (Å²) >= 11 is 0. The van der Waals surface area contributed by atoms with E-state index in [4.69, 9.17) is 0 Å². The molecule has 2 rings (SSSR count). The summed E-state index contributed by atoms with van der Waals surface area (Å²) < 4.78 is 0. The zero-order valence-corrected chi connectivity index (χ0v) is 19.8. The van der Waals surface area contributed by atoms with Crippen LogP contribution in [0.25, 0.3) is 0 Å². The average molecular weight is 453 g/mol. The SMILES string of the molecule is O=C(Cc1ccccc1)NCCCNCCCCCNCCCNC(=O)Cc1ccccc1. The summed E-state index contributed by atoms with van der Waals surface area (Å²) in [5.41, 5.74) is 2.10. The van der Waals surface area contributed by atoms with Crippen molar-refractivity contribution in [3.63, 3.8) is 0 Å². The Bertz CT molecular complexity index is 703. The molecule has 4 N–H and O–H groups in total. The Morgan fingerprint density at radius 3 is 1.30 bits per heavy atom. The summed E-state index contributed by atoms with van der Waals surface area (Å²) in [6.45, 7) is 5.33. The summed E-state index contributed by atoms with van der Waals surface area (Å²) in [7, 11) is 0. The predicted octanol–water partition coefficient (Wildman–Crippen LogP) is 2.83. The molecule has 0 heterocycles. The molecule has 6 nitrogen and oxygen atoms in total. The van der Waals surface area contributed by atoms with Crippen LogP contribution in [0.3, 0.4) is 0 Å². The molecule has 0 spiro atoms. The molecule has 0 atom stereocenters. The number of unbranched alkanes of at least 4 members (excludes halogenated alkanes) is 2. The molecule has 0 unspecified atom stereocenters. The fourth-order valence-electron chi connectivity index (χ4n) is 3.50. The van der Waals surface area contributed by atoms with Gasteiger partial charge in [0.2, 0.25) is 11.8 Å². The minimum atomic E-state index is 0.0864. The molecule has 2 aromatic rings. The Morgan fingerprint density at radius 1 is 0.485 bits per heavy atom. The molecule has 2 amide bonds.